The maximum atomic E-state index is 13.2. The number of aliphatic hydroxyl groups excluding tert-OH is 1. The van der Waals surface area contributed by atoms with Crippen molar-refractivity contribution in [1.82, 2.24) is 25.1 Å². The van der Waals surface area contributed by atoms with E-state index < -0.39 is 12.1 Å². The molecule has 2 unspecified atom stereocenters. The smallest absolute Gasteiger partial charge is 0.380 e. The minimum atomic E-state index is -0.950. The van der Waals surface area contributed by atoms with Crippen LogP contribution in [0.2, 0.25) is 0 Å². The van der Waals surface area contributed by atoms with Gasteiger partial charge in [-0.25, -0.2) is 9.18 Å². The Balaban J connectivity index is 1.25. The molecule has 1 saturated heterocycles. The van der Waals surface area contributed by atoms with Crippen LogP contribution in [0, 0.1) is 5.82 Å². The molecule has 1 aromatic heterocycles. The van der Waals surface area contributed by atoms with Crippen LogP contribution >= 0.6 is 0 Å². The summed E-state index contributed by atoms with van der Waals surface area (Å²) in [6.07, 6.45) is -0.119. The Morgan fingerprint density at radius 3 is 2.63 bits per heavy atom. The van der Waals surface area contributed by atoms with Crippen LogP contribution in [0.25, 0.3) is 0 Å². The van der Waals surface area contributed by atoms with Crippen LogP contribution in [0.15, 0.2) is 48.5 Å². The van der Waals surface area contributed by atoms with Gasteiger partial charge in [-0.3, -0.25) is 4.79 Å². The van der Waals surface area contributed by atoms with Gasteiger partial charge in [-0.1, -0.05) is 12.1 Å². The van der Waals surface area contributed by atoms with Crippen molar-refractivity contribution < 1.29 is 28.6 Å². The standard InChI is InChI=1S/C24H26FN5O5/c1-2-34-24(33)22-26-28-30(27-22)14-20(31)15-35-21-9-5-17(6-10-21)23(32)29-12-11-18(13-29)16-3-7-19(25)8-4-16/h3-10,18,20,31H,2,11-15H2,1H3. The normalized spacial score (nSPS) is 16.2. The second-order valence-corrected chi connectivity index (χ2v) is 8.17. The molecule has 11 heteroatoms. The highest BCUT2D eigenvalue weighted by molar-refractivity contribution is 5.94. The number of ether oxygens (including phenoxy) is 2. The molecule has 2 atom stereocenters. The summed E-state index contributed by atoms with van der Waals surface area (Å²) < 4.78 is 23.6. The molecule has 35 heavy (non-hydrogen) atoms. The number of rotatable bonds is 9. The predicted molar refractivity (Wildman–Crippen MR) is 121 cm³/mol. The fourth-order valence-corrected chi connectivity index (χ4v) is 3.86. The van der Waals surface area contributed by atoms with E-state index in [0.29, 0.717) is 24.4 Å². The van der Waals surface area contributed by atoms with Gasteiger partial charge >= 0.3 is 5.97 Å². The van der Waals surface area contributed by atoms with Crippen LogP contribution in [0.3, 0.4) is 0 Å². The molecule has 1 aliphatic heterocycles. The highest BCUT2D eigenvalue weighted by Crippen LogP contribution is 2.28. The average molecular weight is 484 g/mol. The van der Waals surface area contributed by atoms with Crippen LogP contribution in [0.1, 0.15) is 45.8 Å². The van der Waals surface area contributed by atoms with E-state index in [0.717, 1.165) is 16.8 Å². The molecule has 1 amide bonds. The lowest BCUT2D eigenvalue weighted by atomic mass is 9.99. The molecule has 0 radical (unpaired) electrons. The number of tetrazole rings is 1. The lowest BCUT2D eigenvalue weighted by Gasteiger charge is -2.17. The molecular weight excluding hydrogens is 457 g/mol. The van der Waals surface area contributed by atoms with Crippen LogP contribution in [-0.4, -0.2) is 74.5 Å². The van der Waals surface area contributed by atoms with E-state index in [1.807, 2.05) is 0 Å². The van der Waals surface area contributed by atoms with Gasteiger partial charge in [-0.05, 0) is 60.5 Å². The summed E-state index contributed by atoms with van der Waals surface area (Å²) in [5, 5.41) is 21.4. The Morgan fingerprint density at radius 2 is 1.91 bits per heavy atom. The Bertz CT molecular complexity index is 1150. The van der Waals surface area contributed by atoms with Gasteiger partial charge in [0, 0.05) is 24.6 Å². The summed E-state index contributed by atoms with van der Waals surface area (Å²) in [6, 6.07) is 13.1. The number of likely N-dealkylation sites (tertiary alicyclic amines) is 1. The number of carbonyl (C=O) groups is 2. The molecule has 184 valence electrons. The highest BCUT2D eigenvalue weighted by Gasteiger charge is 2.28. The molecule has 0 spiro atoms. The monoisotopic (exact) mass is 483 g/mol. The van der Waals surface area contributed by atoms with Crippen molar-refractivity contribution in [2.75, 3.05) is 26.3 Å². The van der Waals surface area contributed by atoms with Crippen LogP contribution < -0.4 is 4.74 Å². The van der Waals surface area contributed by atoms with Crippen molar-refractivity contribution in [3.8, 4) is 5.75 Å². The maximum Gasteiger partial charge on any atom is 0.380 e. The topological polar surface area (TPSA) is 120 Å². The molecule has 10 nitrogen and oxygen atoms in total. The molecule has 0 bridgehead atoms. The Hall–Kier alpha value is -3.86. The SMILES string of the molecule is CCOC(=O)c1nnn(CC(O)COc2ccc(C(=O)N3CCC(c4ccc(F)cc4)C3)cc2)n1. The molecule has 1 fully saturated rings. The minimum Gasteiger partial charge on any atom is -0.491 e. The fourth-order valence-electron chi connectivity index (χ4n) is 3.86. The Labute approximate surface area is 201 Å². The summed E-state index contributed by atoms with van der Waals surface area (Å²) in [5.74, 6) is -0.522. The number of esters is 1. The van der Waals surface area contributed by atoms with Gasteiger partial charge in [-0.2, -0.15) is 4.80 Å². The first kappa shape index (κ1) is 24.3. The number of nitrogens with zero attached hydrogens (tertiary/aromatic N) is 5. The number of aliphatic hydroxyl groups is 1. The predicted octanol–water partition coefficient (Wildman–Crippen LogP) is 2.06. The van der Waals surface area contributed by atoms with Crippen molar-refractivity contribution >= 4 is 11.9 Å². The third-order valence-corrected chi connectivity index (χ3v) is 5.65. The van der Waals surface area contributed by atoms with Gasteiger partial charge in [0.25, 0.3) is 11.7 Å². The molecule has 1 aliphatic rings. The van der Waals surface area contributed by atoms with Crippen LogP contribution in [0.5, 0.6) is 5.75 Å². The van der Waals surface area contributed by atoms with Gasteiger partial charge in [-0.15, -0.1) is 10.2 Å². The molecule has 0 aliphatic carbocycles. The second kappa shape index (κ2) is 11.0. The van der Waals surface area contributed by atoms with Crippen molar-refractivity contribution in [3.05, 3.63) is 71.3 Å². The zero-order chi connectivity index (χ0) is 24.8. The van der Waals surface area contributed by atoms with E-state index in [9.17, 15) is 19.1 Å². The Morgan fingerprint density at radius 1 is 1.17 bits per heavy atom. The van der Waals surface area contributed by atoms with Crippen molar-refractivity contribution in [1.29, 1.82) is 0 Å². The molecule has 3 aromatic rings. The second-order valence-electron chi connectivity index (χ2n) is 8.17. The van der Waals surface area contributed by atoms with E-state index in [4.69, 9.17) is 9.47 Å². The molecule has 1 N–H and O–H groups in total. The number of aromatic nitrogens is 4. The number of carbonyl (C=O) groups excluding carboxylic acids is 2. The third kappa shape index (κ3) is 6.18. The number of benzene rings is 2. The van der Waals surface area contributed by atoms with Gasteiger partial charge in [0.1, 0.15) is 24.3 Å². The van der Waals surface area contributed by atoms with Crippen molar-refractivity contribution in [2.24, 2.45) is 0 Å². The lowest BCUT2D eigenvalue weighted by Crippen LogP contribution is -2.28. The number of hydrogen-bond donors (Lipinski definition) is 1. The van der Waals surface area contributed by atoms with E-state index in [2.05, 4.69) is 15.4 Å². The third-order valence-electron chi connectivity index (χ3n) is 5.65. The summed E-state index contributed by atoms with van der Waals surface area (Å²) in [7, 11) is 0. The van der Waals surface area contributed by atoms with Gasteiger partial charge in [0.2, 0.25) is 0 Å². The van der Waals surface area contributed by atoms with Gasteiger partial charge < -0.3 is 19.5 Å². The summed E-state index contributed by atoms with van der Waals surface area (Å²) >= 11 is 0. The molecule has 2 heterocycles. The summed E-state index contributed by atoms with van der Waals surface area (Å²) in [6.45, 7) is 3.03. The zero-order valence-electron chi connectivity index (χ0n) is 19.2. The molecule has 4 rings (SSSR count). The van der Waals surface area contributed by atoms with E-state index in [1.165, 1.54) is 12.1 Å². The quantitative estimate of drug-likeness (QED) is 0.460. The first-order valence-electron chi connectivity index (χ1n) is 11.3. The average Bonchev–Trinajstić information content (AvgIpc) is 3.54. The molecular formula is C24H26FN5O5. The summed E-state index contributed by atoms with van der Waals surface area (Å²) in [4.78, 5) is 27.3. The van der Waals surface area contributed by atoms with Crippen molar-refractivity contribution in [2.45, 2.75) is 31.9 Å². The van der Waals surface area contributed by atoms with Gasteiger partial charge in [0.05, 0.1) is 13.2 Å². The molecule has 2 aromatic carbocycles. The maximum absolute atomic E-state index is 13.2. The van der Waals surface area contributed by atoms with E-state index >= 15 is 0 Å². The van der Waals surface area contributed by atoms with Crippen molar-refractivity contribution in [3.63, 3.8) is 0 Å². The van der Waals surface area contributed by atoms with Gasteiger partial charge in [0.15, 0.2) is 0 Å². The zero-order valence-corrected chi connectivity index (χ0v) is 19.2. The minimum absolute atomic E-state index is 0.0207. The summed E-state index contributed by atoms with van der Waals surface area (Å²) in [5.41, 5.74) is 1.57. The fraction of sp³-hybridized carbons (Fsp3) is 0.375. The number of amides is 1. The Kier molecular flexibility index (Phi) is 7.66. The number of hydrogen-bond acceptors (Lipinski definition) is 8. The highest BCUT2D eigenvalue weighted by atomic mass is 19.1. The lowest BCUT2D eigenvalue weighted by molar-refractivity contribution is 0.0509. The van der Waals surface area contributed by atoms with Crippen LogP contribution in [0.4, 0.5) is 4.39 Å². The molecule has 0 saturated carbocycles. The number of halogens is 1. The van der Waals surface area contributed by atoms with E-state index in [1.54, 1.807) is 48.2 Å². The largest absolute Gasteiger partial charge is 0.491 e. The first-order valence-corrected chi connectivity index (χ1v) is 11.3. The van der Waals surface area contributed by atoms with Crippen LogP contribution in [-0.2, 0) is 11.3 Å². The van der Waals surface area contributed by atoms with E-state index in [-0.39, 0.29) is 43.2 Å². The first-order chi connectivity index (χ1) is 16.9.